The zero-order valence-electron chi connectivity index (χ0n) is 22.9. The average molecular weight is 626 g/mol. The van der Waals surface area contributed by atoms with Gasteiger partial charge in [0.2, 0.25) is 11.8 Å². The number of nitrogens with zero attached hydrogens (tertiary/aromatic N) is 1. The number of hydrogen-bond donors (Lipinski definition) is 2. The molecule has 0 aromatic heterocycles. The third-order valence-corrected chi connectivity index (χ3v) is 7.19. The number of alkyl halides is 3. The molecule has 13 heteroatoms. The van der Waals surface area contributed by atoms with Gasteiger partial charge in [0.15, 0.2) is 0 Å². The molecule has 3 aromatic carbocycles. The van der Waals surface area contributed by atoms with Gasteiger partial charge >= 0.3 is 6.18 Å². The molecule has 0 bridgehead atoms. The van der Waals surface area contributed by atoms with Crippen molar-refractivity contribution in [1.29, 1.82) is 0 Å². The predicted octanol–water partition coefficient (Wildman–Crippen LogP) is 5.99. The van der Waals surface area contributed by atoms with E-state index < -0.39 is 71.0 Å². The fraction of sp³-hybridized carbons (Fsp3) is 0.300. The lowest BCUT2D eigenvalue weighted by molar-refractivity contribution is -0.138. The highest BCUT2D eigenvalue weighted by Crippen LogP contribution is 2.33. The van der Waals surface area contributed by atoms with E-state index in [2.05, 4.69) is 10.6 Å². The first kappa shape index (κ1) is 31.9. The van der Waals surface area contributed by atoms with Crippen molar-refractivity contribution < 1.29 is 40.7 Å². The third-order valence-electron chi connectivity index (χ3n) is 6.96. The molecule has 2 N–H and O–H groups in total. The molecule has 0 saturated heterocycles. The van der Waals surface area contributed by atoms with Crippen molar-refractivity contribution in [2.75, 3.05) is 4.90 Å². The van der Waals surface area contributed by atoms with Gasteiger partial charge in [-0.05, 0) is 92.4 Å². The lowest BCUT2D eigenvalue weighted by Crippen LogP contribution is -2.55. The van der Waals surface area contributed by atoms with Gasteiger partial charge in [0.25, 0.3) is 5.91 Å². The number of amides is 3. The summed E-state index contributed by atoms with van der Waals surface area (Å²) in [5.41, 5.74) is -1.61. The zero-order valence-corrected chi connectivity index (χ0v) is 23.6. The minimum Gasteiger partial charge on any atom is -0.342 e. The Balaban J connectivity index is 1.66. The van der Waals surface area contributed by atoms with Crippen LogP contribution in [0.5, 0.6) is 0 Å². The number of fused-ring (bicyclic) bond motifs is 1. The second kappa shape index (κ2) is 12.7. The number of rotatable bonds is 7. The molecule has 0 aliphatic carbocycles. The molecule has 0 fully saturated rings. The minimum atomic E-state index is -5.12. The van der Waals surface area contributed by atoms with Gasteiger partial charge in [-0.2, -0.15) is 13.2 Å². The fourth-order valence-corrected chi connectivity index (χ4v) is 5.15. The molecule has 228 valence electrons. The summed E-state index contributed by atoms with van der Waals surface area (Å²) in [6.07, 6.45) is -5.37. The van der Waals surface area contributed by atoms with E-state index in [-0.39, 0.29) is 24.1 Å². The van der Waals surface area contributed by atoms with E-state index in [0.717, 1.165) is 23.8 Å². The summed E-state index contributed by atoms with van der Waals surface area (Å²) in [5.74, 6) is -5.98. The molecule has 1 aliphatic rings. The summed E-state index contributed by atoms with van der Waals surface area (Å²) in [6, 6.07) is 5.51. The predicted molar refractivity (Wildman–Crippen MR) is 147 cm³/mol. The van der Waals surface area contributed by atoms with Crippen molar-refractivity contribution >= 4 is 35.0 Å². The molecule has 6 nitrogen and oxygen atoms in total. The van der Waals surface area contributed by atoms with E-state index in [0.29, 0.717) is 29.3 Å². The fourth-order valence-electron chi connectivity index (χ4n) is 4.95. The van der Waals surface area contributed by atoms with Crippen LogP contribution in [-0.4, -0.2) is 35.8 Å². The largest absolute Gasteiger partial charge is 0.417 e. The van der Waals surface area contributed by atoms with Crippen molar-refractivity contribution in [3.05, 3.63) is 99.3 Å². The van der Waals surface area contributed by atoms with E-state index in [1.54, 1.807) is 32.0 Å². The van der Waals surface area contributed by atoms with E-state index in [1.165, 1.54) is 4.90 Å². The number of nitrogens with one attached hydrogen (secondary N) is 2. The number of carbonyl (C=O) groups excluding carboxylic acids is 3. The number of halogens is 7. The van der Waals surface area contributed by atoms with Crippen LogP contribution in [0.15, 0.2) is 54.6 Å². The summed E-state index contributed by atoms with van der Waals surface area (Å²) >= 11 is 6.14. The molecule has 0 radical (unpaired) electrons. The third kappa shape index (κ3) is 7.30. The highest BCUT2D eigenvalue weighted by atomic mass is 35.5. The van der Waals surface area contributed by atoms with Crippen LogP contribution >= 0.6 is 11.6 Å². The van der Waals surface area contributed by atoms with Gasteiger partial charge in [-0.15, -0.1) is 0 Å². The molecule has 4 rings (SSSR count). The van der Waals surface area contributed by atoms with Gasteiger partial charge in [-0.3, -0.25) is 14.4 Å². The summed E-state index contributed by atoms with van der Waals surface area (Å²) in [5, 5.41) is 5.11. The molecular formula is C30H26ClF6N3O3. The Labute approximate surface area is 248 Å². The molecule has 3 aromatic rings. The monoisotopic (exact) mass is 625 g/mol. The molecule has 43 heavy (non-hydrogen) atoms. The maximum Gasteiger partial charge on any atom is 0.417 e. The first-order chi connectivity index (χ1) is 20.1. The molecule has 1 heterocycles. The SMILES string of the molecule is CC(C)N1C(=O)[C@H](NC(=O)[C@@H](Cc2cc(F)ccc2F)NC(=O)c2ccc(F)cc2C(F)(F)F)CCc2cc(Cl)ccc21. The smallest absolute Gasteiger partial charge is 0.342 e. The molecule has 0 spiro atoms. The van der Waals surface area contributed by atoms with Crippen LogP contribution in [0.3, 0.4) is 0 Å². The Kier molecular flexibility index (Phi) is 9.38. The van der Waals surface area contributed by atoms with E-state index in [1.807, 2.05) is 0 Å². The van der Waals surface area contributed by atoms with E-state index in [9.17, 15) is 40.7 Å². The Morgan fingerprint density at radius 2 is 1.67 bits per heavy atom. The standard InChI is InChI=1S/C30H26ClF6N3O3/c1-15(2)40-26-10-4-18(31)11-16(26)3-9-24(29(40)43)38-28(42)25(13-17-12-19(32)6-8-23(17)34)39-27(41)21-7-5-20(33)14-22(21)30(35,36)37/h4-8,10-12,14-15,24-25H,3,9,13H2,1-2H3,(H,38,42)(H,39,41)/t24-,25-/m1/s1. The van der Waals surface area contributed by atoms with Crippen molar-refractivity contribution in [3.8, 4) is 0 Å². The second-order valence-corrected chi connectivity index (χ2v) is 10.8. The summed E-state index contributed by atoms with van der Waals surface area (Å²) in [4.78, 5) is 41.7. The van der Waals surface area contributed by atoms with Crippen LogP contribution in [0.1, 0.15) is 47.3 Å². The Bertz CT molecular complexity index is 1560. The van der Waals surface area contributed by atoms with E-state index in [4.69, 9.17) is 11.6 Å². The van der Waals surface area contributed by atoms with Crippen LogP contribution in [0.25, 0.3) is 0 Å². The lowest BCUT2D eigenvalue weighted by atomic mass is 10.0. The van der Waals surface area contributed by atoms with Gasteiger partial charge in [-0.25, -0.2) is 13.2 Å². The van der Waals surface area contributed by atoms with Crippen molar-refractivity contribution in [3.63, 3.8) is 0 Å². The maximum atomic E-state index is 14.5. The van der Waals surface area contributed by atoms with Crippen molar-refractivity contribution in [2.45, 2.75) is 57.4 Å². The van der Waals surface area contributed by atoms with Crippen molar-refractivity contribution in [1.82, 2.24) is 10.6 Å². The number of benzene rings is 3. The molecule has 1 aliphatic heterocycles. The van der Waals surface area contributed by atoms with Crippen LogP contribution < -0.4 is 15.5 Å². The minimum absolute atomic E-state index is 0.103. The molecule has 0 saturated carbocycles. The molecule has 0 unspecified atom stereocenters. The zero-order chi connectivity index (χ0) is 31.6. The average Bonchev–Trinajstić information content (AvgIpc) is 3.05. The lowest BCUT2D eigenvalue weighted by Gasteiger charge is -2.30. The van der Waals surface area contributed by atoms with Crippen molar-refractivity contribution in [2.24, 2.45) is 0 Å². The quantitative estimate of drug-likeness (QED) is 0.317. The Morgan fingerprint density at radius 3 is 2.35 bits per heavy atom. The van der Waals surface area contributed by atoms with Crippen LogP contribution in [0.4, 0.5) is 32.0 Å². The number of aryl methyl sites for hydroxylation is 1. The first-order valence-corrected chi connectivity index (χ1v) is 13.6. The summed E-state index contributed by atoms with van der Waals surface area (Å²) in [6.45, 7) is 3.52. The van der Waals surface area contributed by atoms with E-state index >= 15 is 0 Å². The highest BCUT2D eigenvalue weighted by Gasteiger charge is 2.38. The second-order valence-electron chi connectivity index (χ2n) is 10.3. The number of anilines is 1. The Hall–Kier alpha value is -4.06. The van der Waals surface area contributed by atoms with Gasteiger partial charge in [-0.1, -0.05) is 11.6 Å². The normalized spacial score (nSPS) is 16.0. The van der Waals surface area contributed by atoms with Crippen LogP contribution in [-0.2, 0) is 28.6 Å². The highest BCUT2D eigenvalue weighted by molar-refractivity contribution is 6.30. The summed E-state index contributed by atoms with van der Waals surface area (Å²) in [7, 11) is 0. The van der Waals surface area contributed by atoms with Crippen LogP contribution in [0.2, 0.25) is 5.02 Å². The van der Waals surface area contributed by atoms with Gasteiger partial charge in [0, 0.05) is 23.2 Å². The van der Waals surface area contributed by atoms with Gasteiger partial charge in [0.1, 0.15) is 29.5 Å². The molecular weight excluding hydrogens is 600 g/mol. The number of carbonyl (C=O) groups is 3. The topological polar surface area (TPSA) is 78.5 Å². The first-order valence-electron chi connectivity index (χ1n) is 13.2. The van der Waals surface area contributed by atoms with Gasteiger partial charge in [0.05, 0.1) is 11.1 Å². The summed E-state index contributed by atoms with van der Waals surface area (Å²) < 4.78 is 82.9. The van der Waals surface area contributed by atoms with Gasteiger partial charge < -0.3 is 15.5 Å². The molecule has 2 atom stereocenters. The van der Waals surface area contributed by atoms with Crippen LogP contribution in [0, 0.1) is 17.5 Å². The number of hydrogen-bond acceptors (Lipinski definition) is 3. The Morgan fingerprint density at radius 1 is 1.00 bits per heavy atom. The molecule has 3 amide bonds. The maximum absolute atomic E-state index is 14.5.